The van der Waals surface area contributed by atoms with Crippen LogP contribution in [0.3, 0.4) is 0 Å². The molecule has 0 spiro atoms. The lowest BCUT2D eigenvalue weighted by Crippen LogP contribution is -2.27. The molecule has 0 fully saturated rings. The molecule has 4 rings (SSSR count). The zero-order chi connectivity index (χ0) is 24.2. The molecule has 0 radical (unpaired) electrons. The lowest BCUT2D eigenvalue weighted by Gasteiger charge is -2.11. The summed E-state index contributed by atoms with van der Waals surface area (Å²) in [5, 5.41) is 3.50. The second-order valence-electron chi connectivity index (χ2n) is 8.66. The Morgan fingerprint density at radius 2 is 1.76 bits per heavy atom. The van der Waals surface area contributed by atoms with E-state index in [0.717, 1.165) is 28.3 Å². The number of aryl methyl sites for hydroxylation is 2. The normalized spacial score (nSPS) is 11.2. The highest BCUT2D eigenvalue weighted by molar-refractivity contribution is 5.83. The number of benzene rings is 2. The van der Waals surface area contributed by atoms with Gasteiger partial charge in [-0.1, -0.05) is 30.3 Å². The molecule has 4 aromatic rings. The summed E-state index contributed by atoms with van der Waals surface area (Å²) in [6.45, 7) is 8.58. The first-order chi connectivity index (χ1) is 16.3. The molecular formula is C27H30N4O3. The van der Waals surface area contributed by atoms with Gasteiger partial charge >= 0.3 is 0 Å². The predicted molar refractivity (Wildman–Crippen MR) is 133 cm³/mol. The van der Waals surface area contributed by atoms with Crippen LogP contribution in [0.1, 0.15) is 37.1 Å². The van der Waals surface area contributed by atoms with Crippen LogP contribution in [0, 0.1) is 13.8 Å². The van der Waals surface area contributed by atoms with Crippen LogP contribution in [0.5, 0.6) is 5.75 Å². The van der Waals surface area contributed by atoms with Crippen molar-refractivity contribution in [3.8, 4) is 11.4 Å². The average Bonchev–Trinajstić information content (AvgIpc) is 3.09. The second kappa shape index (κ2) is 9.95. The third-order valence-electron chi connectivity index (χ3n) is 5.86. The SMILES string of the molecule is Cc1c(C)n(-c2ccccc2)c2ncn(CCC(=O)NCc3ccc(OC(C)C)cc3)c(=O)c12. The number of rotatable bonds is 8. The molecule has 2 aromatic carbocycles. The largest absolute Gasteiger partial charge is 0.491 e. The molecule has 2 heterocycles. The van der Waals surface area contributed by atoms with Gasteiger partial charge in [-0.05, 0) is 63.1 Å². The maximum atomic E-state index is 13.2. The van der Waals surface area contributed by atoms with Gasteiger partial charge < -0.3 is 10.1 Å². The first kappa shape index (κ1) is 23.3. The van der Waals surface area contributed by atoms with Crippen molar-refractivity contribution in [1.29, 1.82) is 0 Å². The summed E-state index contributed by atoms with van der Waals surface area (Å²) in [6, 6.07) is 17.5. The number of nitrogens with zero attached hydrogens (tertiary/aromatic N) is 3. The Bertz CT molecular complexity index is 1350. The van der Waals surface area contributed by atoms with E-state index in [-0.39, 0.29) is 30.5 Å². The third kappa shape index (κ3) is 4.88. The van der Waals surface area contributed by atoms with E-state index >= 15 is 0 Å². The molecule has 0 bridgehead atoms. The zero-order valence-corrected chi connectivity index (χ0v) is 20.0. The lowest BCUT2D eigenvalue weighted by atomic mass is 10.2. The van der Waals surface area contributed by atoms with Gasteiger partial charge in [0.25, 0.3) is 5.56 Å². The van der Waals surface area contributed by atoms with Gasteiger partial charge in [0.2, 0.25) is 5.91 Å². The smallest absolute Gasteiger partial charge is 0.263 e. The van der Waals surface area contributed by atoms with Crippen LogP contribution < -0.4 is 15.6 Å². The van der Waals surface area contributed by atoms with Crippen LogP contribution >= 0.6 is 0 Å². The van der Waals surface area contributed by atoms with Crippen LogP contribution in [0.25, 0.3) is 16.7 Å². The minimum atomic E-state index is -0.131. The highest BCUT2D eigenvalue weighted by atomic mass is 16.5. The summed E-state index contributed by atoms with van der Waals surface area (Å²) in [7, 11) is 0. The van der Waals surface area contributed by atoms with Crippen molar-refractivity contribution >= 4 is 16.9 Å². The zero-order valence-electron chi connectivity index (χ0n) is 20.0. The quantitative estimate of drug-likeness (QED) is 0.427. The molecule has 34 heavy (non-hydrogen) atoms. The molecule has 0 saturated heterocycles. The summed E-state index contributed by atoms with van der Waals surface area (Å²) in [4.78, 5) is 30.2. The van der Waals surface area contributed by atoms with E-state index in [1.54, 1.807) is 0 Å². The number of hydrogen-bond acceptors (Lipinski definition) is 4. The van der Waals surface area contributed by atoms with E-state index in [4.69, 9.17) is 4.74 Å². The number of aromatic nitrogens is 3. The van der Waals surface area contributed by atoms with Gasteiger partial charge in [-0.25, -0.2) is 4.98 Å². The van der Waals surface area contributed by atoms with Gasteiger partial charge in [0.05, 0.1) is 17.8 Å². The Balaban J connectivity index is 1.44. The Morgan fingerprint density at radius 3 is 2.44 bits per heavy atom. The summed E-state index contributed by atoms with van der Waals surface area (Å²) in [5.41, 5.74) is 4.33. The molecule has 0 saturated carbocycles. The van der Waals surface area contributed by atoms with Crippen LogP contribution in [-0.2, 0) is 17.9 Å². The van der Waals surface area contributed by atoms with Gasteiger partial charge in [0.15, 0.2) is 5.65 Å². The Labute approximate surface area is 199 Å². The van der Waals surface area contributed by atoms with Gasteiger partial charge in [-0.2, -0.15) is 0 Å². The first-order valence-electron chi connectivity index (χ1n) is 11.5. The summed E-state index contributed by atoms with van der Waals surface area (Å²) in [6.07, 6.45) is 1.84. The van der Waals surface area contributed by atoms with Gasteiger partial charge in [-0.3, -0.25) is 18.7 Å². The maximum absolute atomic E-state index is 13.2. The first-order valence-corrected chi connectivity index (χ1v) is 11.5. The monoisotopic (exact) mass is 458 g/mol. The Morgan fingerprint density at radius 1 is 1.06 bits per heavy atom. The van der Waals surface area contributed by atoms with Crippen LogP contribution in [0.15, 0.2) is 65.7 Å². The molecule has 0 unspecified atom stereocenters. The summed E-state index contributed by atoms with van der Waals surface area (Å²) >= 11 is 0. The fourth-order valence-corrected chi connectivity index (χ4v) is 4.01. The van der Waals surface area contributed by atoms with Gasteiger partial charge in [-0.15, -0.1) is 0 Å². The van der Waals surface area contributed by atoms with E-state index in [1.165, 1.54) is 10.9 Å². The highest BCUT2D eigenvalue weighted by Gasteiger charge is 2.18. The van der Waals surface area contributed by atoms with Crippen molar-refractivity contribution < 1.29 is 9.53 Å². The number of carbonyl (C=O) groups is 1. The molecule has 176 valence electrons. The molecule has 1 amide bonds. The molecule has 0 aliphatic carbocycles. The van der Waals surface area contributed by atoms with Crippen molar-refractivity contribution in [2.45, 2.75) is 53.3 Å². The van der Waals surface area contributed by atoms with E-state index in [2.05, 4.69) is 10.3 Å². The topological polar surface area (TPSA) is 78.2 Å². The van der Waals surface area contributed by atoms with Crippen LogP contribution in [0.4, 0.5) is 0 Å². The molecule has 2 aromatic heterocycles. The number of ether oxygens (including phenoxy) is 1. The number of nitrogens with one attached hydrogen (secondary N) is 1. The average molecular weight is 459 g/mol. The number of amides is 1. The lowest BCUT2D eigenvalue weighted by molar-refractivity contribution is -0.121. The number of fused-ring (bicyclic) bond motifs is 1. The molecule has 0 atom stereocenters. The molecule has 7 nitrogen and oxygen atoms in total. The van der Waals surface area contributed by atoms with Gasteiger partial charge in [0.1, 0.15) is 5.75 Å². The number of para-hydroxylation sites is 1. The third-order valence-corrected chi connectivity index (χ3v) is 5.86. The Hall–Kier alpha value is -3.87. The molecule has 7 heteroatoms. The summed E-state index contributed by atoms with van der Waals surface area (Å²) in [5.74, 6) is 0.684. The minimum Gasteiger partial charge on any atom is -0.491 e. The Kier molecular flexibility index (Phi) is 6.82. The summed E-state index contributed by atoms with van der Waals surface area (Å²) < 4.78 is 9.16. The van der Waals surface area contributed by atoms with Crippen molar-refractivity contribution in [3.05, 3.63) is 88.1 Å². The van der Waals surface area contributed by atoms with E-state index in [1.807, 2.05) is 86.9 Å². The maximum Gasteiger partial charge on any atom is 0.263 e. The van der Waals surface area contributed by atoms with E-state index in [0.29, 0.717) is 17.6 Å². The predicted octanol–water partition coefficient (Wildman–Crippen LogP) is 4.30. The second-order valence-corrected chi connectivity index (χ2v) is 8.66. The van der Waals surface area contributed by atoms with Gasteiger partial charge in [0, 0.05) is 30.9 Å². The molecule has 1 N–H and O–H groups in total. The van der Waals surface area contributed by atoms with Crippen molar-refractivity contribution in [2.24, 2.45) is 0 Å². The van der Waals surface area contributed by atoms with Crippen molar-refractivity contribution in [3.63, 3.8) is 0 Å². The van der Waals surface area contributed by atoms with Crippen molar-refractivity contribution in [1.82, 2.24) is 19.4 Å². The molecule has 0 aliphatic heterocycles. The van der Waals surface area contributed by atoms with E-state index in [9.17, 15) is 9.59 Å². The van der Waals surface area contributed by atoms with E-state index < -0.39 is 0 Å². The highest BCUT2D eigenvalue weighted by Crippen LogP contribution is 2.24. The van der Waals surface area contributed by atoms with Crippen molar-refractivity contribution in [2.75, 3.05) is 0 Å². The standard InChI is InChI=1S/C27H30N4O3/c1-18(2)34-23-12-10-21(11-13-23)16-28-24(32)14-15-30-17-29-26-25(27(30)33)19(3)20(4)31(26)22-8-6-5-7-9-22/h5-13,17-18H,14-16H2,1-4H3,(H,28,32). The van der Waals surface area contributed by atoms with Crippen LogP contribution in [-0.4, -0.2) is 26.1 Å². The fraction of sp³-hybridized carbons (Fsp3) is 0.296. The number of carbonyl (C=O) groups excluding carboxylic acids is 1. The fourth-order valence-electron chi connectivity index (χ4n) is 4.01. The number of hydrogen-bond donors (Lipinski definition) is 1. The minimum absolute atomic E-state index is 0.118. The van der Waals surface area contributed by atoms with Crippen LogP contribution in [0.2, 0.25) is 0 Å². The molecular weight excluding hydrogens is 428 g/mol. The molecule has 0 aliphatic rings.